The number of nitrogens with zero attached hydrogens (tertiary/aromatic N) is 3. The third-order valence-electron chi connectivity index (χ3n) is 3.33. The maximum Gasteiger partial charge on any atom is 0.273 e. The molecule has 0 unspecified atom stereocenters. The number of amides is 2. The normalized spacial score (nSPS) is 10.8. The summed E-state index contributed by atoms with van der Waals surface area (Å²) in [6.45, 7) is 2.41. The highest BCUT2D eigenvalue weighted by molar-refractivity contribution is 6.32. The van der Waals surface area contributed by atoms with E-state index in [1.165, 1.54) is 17.2 Å². The number of nitrogens with one attached hydrogen (secondary N) is 1. The van der Waals surface area contributed by atoms with E-state index in [1.807, 2.05) is 25.1 Å². The van der Waals surface area contributed by atoms with Crippen molar-refractivity contribution in [3.05, 3.63) is 52.8 Å². The van der Waals surface area contributed by atoms with Gasteiger partial charge in [-0.1, -0.05) is 29.8 Å². The molecule has 6 nitrogen and oxygen atoms in total. The van der Waals surface area contributed by atoms with Crippen molar-refractivity contribution in [1.29, 1.82) is 0 Å². The Bertz CT molecular complexity index is 781. The van der Waals surface area contributed by atoms with Crippen molar-refractivity contribution in [2.75, 3.05) is 19.4 Å². The molecule has 1 N–H and O–H groups in total. The molecule has 0 saturated carbocycles. The first-order chi connectivity index (χ1) is 11.4. The number of carbonyl (C=O) groups is 2. The zero-order valence-electron chi connectivity index (χ0n) is 13.8. The number of hydrogen-bond acceptors (Lipinski definition) is 3. The van der Waals surface area contributed by atoms with E-state index in [4.69, 9.17) is 11.6 Å². The summed E-state index contributed by atoms with van der Waals surface area (Å²) >= 11 is 6.05. The number of rotatable bonds is 5. The fraction of sp³-hybridized carbons (Fsp3) is 0.235. The Kier molecular flexibility index (Phi) is 5.76. The monoisotopic (exact) mass is 346 g/mol. The number of aromatic nitrogens is 2. The Hall–Kier alpha value is -2.60. The zero-order valence-corrected chi connectivity index (χ0v) is 14.5. The predicted octanol–water partition coefficient (Wildman–Crippen LogP) is 2.91. The maximum absolute atomic E-state index is 12.3. The van der Waals surface area contributed by atoms with E-state index in [0.29, 0.717) is 22.9 Å². The van der Waals surface area contributed by atoms with Gasteiger partial charge in [0.25, 0.3) is 5.91 Å². The molecular weight excluding hydrogens is 328 g/mol. The lowest BCUT2D eigenvalue weighted by Crippen LogP contribution is -2.26. The van der Waals surface area contributed by atoms with Crippen LogP contribution >= 0.6 is 11.6 Å². The van der Waals surface area contributed by atoms with Crippen LogP contribution in [-0.4, -0.2) is 40.6 Å². The first-order valence-corrected chi connectivity index (χ1v) is 7.83. The van der Waals surface area contributed by atoms with Gasteiger partial charge in [-0.2, -0.15) is 5.10 Å². The van der Waals surface area contributed by atoms with Gasteiger partial charge in [0.1, 0.15) is 5.69 Å². The van der Waals surface area contributed by atoms with E-state index < -0.39 is 0 Å². The van der Waals surface area contributed by atoms with Crippen molar-refractivity contribution in [1.82, 2.24) is 14.7 Å². The van der Waals surface area contributed by atoms with Gasteiger partial charge in [0.05, 0.1) is 11.9 Å². The molecule has 0 atom stereocenters. The van der Waals surface area contributed by atoms with Crippen LogP contribution in [0.25, 0.3) is 6.08 Å². The molecule has 24 heavy (non-hydrogen) atoms. The summed E-state index contributed by atoms with van der Waals surface area (Å²) in [5.41, 5.74) is 1.47. The standard InChI is InChI=1S/C17H19ClN4O2/c1-4-22-16(17(24)21(2)3)14(11-19-22)20-15(23)10-9-12-7-5-6-8-13(12)18/h5-11H,4H2,1-3H3,(H,20,23)/b10-9+. The Labute approximate surface area is 145 Å². The van der Waals surface area contributed by atoms with Gasteiger partial charge in [0.2, 0.25) is 5.91 Å². The van der Waals surface area contributed by atoms with Crippen molar-refractivity contribution in [3.63, 3.8) is 0 Å². The van der Waals surface area contributed by atoms with Gasteiger partial charge in [0, 0.05) is 31.7 Å². The Morgan fingerprint density at radius 2 is 2.04 bits per heavy atom. The van der Waals surface area contributed by atoms with Crippen LogP contribution in [0.15, 0.2) is 36.5 Å². The lowest BCUT2D eigenvalue weighted by Gasteiger charge is -2.13. The molecule has 0 fully saturated rings. The number of anilines is 1. The van der Waals surface area contributed by atoms with E-state index in [-0.39, 0.29) is 11.8 Å². The van der Waals surface area contributed by atoms with Crippen molar-refractivity contribution in [3.8, 4) is 0 Å². The molecule has 0 aliphatic heterocycles. The predicted molar refractivity (Wildman–Crippen MR) is 95.0 cm³/mol. The SMILES string of the molecule is CCn1ncc(NC(=O)/C=C/c2ccccc2Cl)c1C(=O)N(C)C. The average molecular weight is 347 g/mol. The van der Waals surface area contributed by atoms with Crippen LogP contribution in [0.5, 0.6) is 0 Å². The van der Waals surface area contributed by atoms with E-state index in [9.17, 15) is 9.59 Å². The number of benzene rings is 1. The molecule has 2 amide bonds. The van der Waals surface area contributed by atoms with Crippen molar-refractivity contribution in [2.45, 2.75) is 13.5 Å². The lowest BCUT2D eigenvalue weighted by molar-refractivity contribution is -0.111. The molecule has 2 aromatic rings. The molecule has 0 saturated heterocycles. The van der Waals surface area contributed by atoms with Gasteiger partial charge in [0.15, 0.2) is 0 Å². The van der Waals surface area contributed by atoms with Crippen LogP contribution < -0.4 is 5.32 Å². The molecule has 0 aliphatic rings. The van der Waals surface area contributed by atoms with E-state index in [2.05, 4.69) is 10.4 Å². The lowest BCUT2D eigenvalue weighted by atomic mass is 10.2. The number of aryl methyl sites for hydroxylation is 1. The van der Waals surface area contributed by atoms with Crippen LogP contribution in [-0.2, 0) is 11.3 Å². The van der Waals surface area contributed by atoms with Gasteiger partial charge < -0.3 is 10.2 Å². The Morgan fingerprint density at radius 1 is 1.33 bits per heavy atom. The Morgan fingerprint density at radius 3 is 2.67 bits per heavy atom. The molecule has 0 radical (unpaired) electrons. The highest BCUT2D eigenvalue weighted by Gasteiger charge is 2.20. The highest BCUT2D eigenvalue weighted by Crippen LogP contribution is 2.18. The second-order valence-corrected chi connectivity index (χ2v) is 5.67. The fourth-order valence-corrected chi connectivity index (χ4v) is 2.30. The van der Waals surface area contributed by atoms with Crippen molar-refractivity contribution in [2.24, 2.45) is 0 Å². The molecule has 0 bridgehead atoms. The first-order valence-electron chi connectivity index (χ1n) is 7.45. The van der Waals surface area contributed by atoms with Crippen molar-refractivity contribution < 1.29 is 9.59 Å². The smallest absolute Gasteiger partial charge is 0.273 e. The number of halogens is 1. The maximum atomic E-state index is 12.3. The van der Waals surface area contributed by atoms with Crippen LogP contribution in [0.1, 0.15) is 23.0 Å². The molecular formula is C17H19ClN4O2. The van der Waals surface area contributed by atoms with Crippen LogP contribution in [0.2, 0.25) is 5.02 Å². The van der Waals surface area contributed by atoms with E-state index in [1.54, 1.807) is 30.9 Å². The van der Waals surface area contributed by atoms with Gasteiger partial charge in [-0.25, -0.2) is 0 Å². The molecule has 126 valence electrons. The summed E-state index contributed by atoms with van der Waals surface area (Å²) in [6.07, 6.45) is 4.46. The minimum Gasteiger partial charge on any atom is -0.343 e. The van der Waals surface area contributed by atoms with Gasteiger partial charge in [-0.15, -0.1) is 0 Å². The highest BCUT2D eigenvalue weighted by atomic mass is 35.5. The summed E-state index contributed by atoms with van der Waals surface area (Å²) in [6, 6.07) is 7.21. The summed E-state index contributed by atoms with van der Waals surface area (Å²) in [7, 11) is 3.30. The summed E-state index contributed by atoms with van der Waals surface area (Å²) in [4.78, 5) is 25.9. The van der Waals surface area contributed by atoms with E-state index >= 15 is 0 Å². The third-order valence-corrected chi connectivity index (χ3v) is 3.67. The van der Waals surface area contributed by atoms with E-state index in [0.717, 1.165) is 5.56 Å². The van der Waals surface area contributed by atoms with Gasteiger partial charge in [-0.05, 0) is 24.6 Å². The average Bonchev–Trinajstić information content (AvgIpc) is 2.95. The van der Waals surface area contributed by atoms with Crippen LogP contribution in [0.3, 0.4) is 0 Å². The molecule has 1 heterocycles. The third kappa shape index (κ3) is 4.02. The first kappa shape index (κ1) is 17.7. The summed E-state index contributed by atoms with van der Waals surface area (Å²) in [5.74, 6) is -0.585. The zero-order chi connectivity index (χ0) is 17.7. The molecule has 2 rings (SSSR count). The van der Waals surface area contributed by atoms with Crippen LogP contribution in [0.4, 0.5) is 5.69 Å². The molecule has 7 heteroatoms. The Balaban J connectivity index is 2.19. The quantitative estimate of drug-likeness (QED) is 0.846. The van der Waals surface area contributed by atoms with Crippen LogP contribution in [0, 0.1) is 0 Å². The largest absolute Gasteiger partial charge is 0.343 e. The number of hydrogen-bond donors (Lipinski definition) is 1. The molecule has 1 aromatic heterocycles. The second-order valence-electron chi connectivity index (χ2n) is 5.27. The fourth-order valence-electron chi connectivity index (χ4n) is 2.10. The molecule has 0 aliphatic carbocycles. The second kappa shape index (κ2) is 7.79. The molecule has 1 aromatic carbocycles. The summed E-state index contributed by atoms with van der Waals surface area (Å²) in [5, 5.41) is 7.38. The van der Waals surface area contributed by atoms with Gasteiger partial charge in [-0.3, -0.25) is 14.3 Å². The molecule has 0 spiro atoms. The minimum atomic E-state index is -0.363. The van der Waals surface area contributed by atoms with Gasteiger partial charge >= 0.3 is 0 Å². The van der Waals surface area contributed by atoms with Crippen molar-refractivity contribution >= 4 is 35.2 Å². The minimum absolute atomic E-state index is 0.222. The number of carbonyl (C=O) groups excluding carboxylic acids is 2. The topological polar surface area (TPSA) is 67.2 Å². The summed E-state index contributed by atoms with van der Waals surface area (Å²) < 4.78 is 1.55.